The van der Waals surface area contributed by atoms with E-state index < -0.39 is 16.4 Å². The summed E-state index contributed by atoms with van der Waals surface area (Å²) in [6.45, 7) is 7.33. The molecule has 0 radical (unpaired) electrons. The molecule has 0 amide bonds. The van der Waals surface area contributed by atoms with Crippen molar-refractivity contribution in [3.63, 3.8) is 0 Å². The third kappa shape index (κ3) is 2.67. The van der Waals surface area contributed by atoms with Gasteiger partial charge in [-0.25, -0.2) is 0 Å². The summed E-state index contributed by atoms with van der Waals surface area (Å²) in [4.78, 5) is 21.9. The van der Waals surface area contributed by atoms with Crippen LogP contribution in [0.3, 0.4) is 0 Å². The molecule has 0 fully saturated rings. The number of Topliss-reactive ketones (excluding diaryl/α,β-unsaturated/α-hetero) is 1. The molecular formula is C13H17NO4. The summed E-state index contributed by atoms with van der Waals surface area (Å²) < 4.78 is 0. The van der Waals surface area contributed by atoms with Crippen molar-refractivity contribution in [2.75, 3.05) is 0 Å². The molecule has 0 unspecified atom stereocenters. The molecule has 0 saturated carbocycles. The summed E-state index contributed by atoms with van der Waals surface area (Å²) in [5, 5.41) is 20.7. The first-order chi connectivity index (χ1) is 8.18. The number of nitro groups is 1. The Kier molecular flexibility index (Phi) is 3.74. The average molecular weight is 251 g/mol. The fraction of sp³-hybridized carbons (Fsp3) is 0.462. The maximum Gasteiger partial charge on any atom is 0.311 e. The Bertz CT molecular complexity index is 500. The van der Waals surface area contributed by atoms with Crippen molar-refractivity contribution in [2.45, 2.75) is 39.5 Å². The first-order valence-electron chi connectivity index (χ1n) is 5.73. The Hall–Kier alpha value is -1.91. The number of phenols is 1. The summed E-state index contributed by atoms with van der Waals surface area (Å²) in [5.41, 5.74) is -0.0685. The Balaban J connectivity index is 3.57. The van der Waals surface area contributed by atoms with Gasteiger partial charge >= 0.3 is 5.69 Å². The highest BCUT2D eigenvalue weighted by Gasteiger charge is 2.26. The number of aromatic hydroxyl groups is 1. The van der Waals surface area contributed by atoms with E-state index in [4.69, 9.17) is 0 Å². The lowest BCUT2D eigenvalue weighted by Crippen LogP contribution is -2.13. The van der Waals surface area contributed by atoms with Gasteiger partial charge in [0.05, 0.1) is 10.5 Å². The monoisotopic (exact) mass is 251 g/mol. The molecule has 0 aromatic heterocycles. The summed E-state index contributed by atoms with van der Waals surface area (Å²) in [7, 11) is 0. The van der Waals surface area contributed by atoms with Crippen molar-refractivity contribution in [1.29, 1.82) is 0 Å². The van der Waals surface area contributed by atoms with E-state index in [1.54, 1.807) is 6.92 Å². The molecule has 0 aliphatic heterocycles. The van der Waals surface area contributed by atoms with E-state index in [1.807, 2.05) is 20.8 Å². The number of carbonyl (C=O) groups excluding carboxylic acids is 1. The van der Waals surface area contributed by atoms with Gasteiger partial charge in [0.25, 0.3) is 0 Å². The number of carbonyl (C=O) groups is 1. The van der Waals surface area contributed by atoms with Crippen LogP contribution in [-0.2, 0) is 5.41 Å². The number of nitro benzene ring substituents is 1. The first-order valence-corrected chi connectivity index (χ1v) is 5.73. The number of phenolic OH excluding ortho intramolecular Hbond substituents is 1. The van der Waals surface area contributed by atoms with Crippen LogP contribution < -0.4 is 0 Å². The number of benzene rings is 1. The zero-order valence-corrected chi connectivity index (χ0v) is 11.0. The van der Waals surface area contributed by atoms with Gasteiger partial charge in [0, 0.05) is 12.5 Å². The average Bonchev–Trinajstić information content (AvgIpc) is 2.26. The summed E-state index contributed by atoms with van der Waals surface area (Å²) in [6.07, 6.45) is 0.193. The fourth-order valence-corrected chi connectivity index (χ4v) is 1.59. The summed E-state index contributed by atoms with van der Waals surface area (Å²) in [5.74, 6) is -0.846. The molecule has 98 valence electrons. The molecule has 1 N–H and O–H groups in total. The molecule has 0 heterocycles. The van der Waals surface area contributed by atoms with E-state index in [-0.39, 0.29) is 23.2 Å². The number of rotatable bonds is 3. The maximum atomic E-state index is 11.7. The molecule has 0 aliphatic rings. The highest BCUT2D eigenvalue weighted by atomic mass is 16.6. The first kappa shape index (κ1) is 14.2. The van der Waals surface area contributed by atoms with Gasteiger partial charge in [-0.3, -0.25) is 14.9 Å². The minimum absolute atomic E-state index is 0.0247. The summed E-state index contributed by atoms with van der Waals surface area (Å²) in [6, 6.07) is 2.86. The van der Waals surface area contributed by atoms with E-state index in [0.717, 1.165) is 0 Å². The van der Waals surface area contributed by atoms with Crippen LogP contribution in [-0.4, -0.2) is 15.8 Å². The van der Waals surface area contributed by atoms with Crippen molar-refractivity contribution in [2.24, 2.45) is 0 Å². The van der Waals surface area contributed by atoms with E-state index in [2.05, 4.69) is 0 Å². The zero-order chi connectivity index (χ0) is 14.1. The Morgan fingerprint density at radius 2 is 1.94 bits per heavy atom. The predicted molar refractivity (Wildman–Crippen MR) is 68.1 cm³/mol. The molecule has 18 heavy (non-hydrogen) atoms. The van der Waals surface area contributed by atoms with Crippen molar-refractivity contribution < 1.29 is 14.8 Å². The number of hydrogen-bond donors (Lipinski definition) is 1. The Labute approximate surface area is 106 Å². The molecule has 1 rings (SSSR count). The van der Waals surface area contributed by atoms with E-state index in [1.165, 1.54) is 12.1 Å². The lowest BCUT2D eigenvalue weighted by atomic mass is 9.85. The second kappa shape index (κ2) is 4.76. The van der Waals surface area contributed by atoms with Gasteiger partial charge in [-0.15, -0.1) is 0 Å². The Morgan fingerprint density at radius 1 is 1.39 bits per heavy atom. The van der Waals surface area contributed by atoms with E-state index >= 15 is 0 Å². The molecule has 1 aromatic rings. The van der Waals surface area contributed by atoms with Gasteiger partial charge in [0.2, 0.25) is 5.75 Å². The molecule has 0 saturated heterocycles. The van der Waals surface area contributed by atoms with Crippen molar-refractivity contribution in [1.82, 2.24) is 0 Å². The van der Waals surface area contributed by atoms with Crippen molar-refractivity contribution in [3.8, 4) is 5.75 Å². The number of ketones is 1. The van der Waals surface area contributed by atoms with Crippen molar-refractivity contribution in [3.05, 3.63) is 33.4 Å². The topological polar surface area (TPSA) is 80.4 Å². The van der Waals surface area contributed by atoms with Crippen LogP contribution in [0.15, 0.2) is 12.1 Å². The molecule has 5 nitrogen and oxygen atoms in total. The second-order valence-electron chi connectivity index (χ2n) is 5.18. The molecule has 0 atom stereocenters. The van der Waals surface area contributed by atoms with Crippen LogP contribution in [0.2, 0.25) is 0 Å². The van der Waals surface area contributed by atoms with Crippen LogP contribution in [0.5, 0.6) is 5.75 Å². The maximum absolute atomic E-state index is 11.7. The highest BCUT2D eigenvalue weighted by molar-refractivity contribution is 5.99. The quantitative estimate of drug-likeness (QED) is 0.508. The van der Waals surface area contributed by atoms with Crippen LogP contribution in [0.25, 0.3) is 0 Å². The lowest BCUT2D eigenvalue weighted by molar-refractivity contribution is -0.386. The van der Waals surface area contributed by atoms with Crippen LogP contribution in [0.4, 0.5) is 5.69 Å². The lowest BCUT2D eigenvalue weighted by Gasteiger charge is -2.20. The van der Waals surface area contributed by atoms with Crippen LogP contribution in [0.1, 0.15) is 50.0 Å². The smallest absolute Gasteiger partial charge is 0.311 e. The molecule has 0 bridgehead atoms. The highest BCUT2D eigenvalue weighted by Crippen LogP contribution is 2.36. The van der Waals surface area contributed by atoms with Gasteiger partial charge in [-0.1, -0.05) is 27.7 Å². The minimum Gasteiger partial charge on any atom is -0.502 e. The van der Waals surface area contributed by atoms with Crippen LogP contribution in [0, 0.1) is 10.1 Å². The second-order valence-corrected chi connectivity index (χ2v) is 5.18. The minimum atomic E-state index is -0.670. The molecular weight excluding hydrogens is 234 g/mol. The van der Waals surface area contributed by atoms with Gasteiger partial charge in [-0.2, -0.15) is 0 Å². The summed E-state index contributed by atoms with van der Waals surface area (Å²) >= 11 is 0. The van der Waals surface area contributed by atoms with E-state index in [0.29, 0.717) is 5.56 Å². The molecule has 1 aromatic carbocycles. The van der Waals surface area contributed by atoms with Crippen molar-refractivity contribution >= 4 is 11.5 Å². The molecule has 0 spiro atoms. The normalized spacial score (nSPS) is 11.3. The third-order valence-electron chi connectivity index (χ3n) is 2.77. The van der Waals surface area contributed by atoms with Gasteiger partial charge in [0.15, 0.2) is 5.78 Å². The molecule has 0 aliphatic carbocycles. The SMILES string of the molecule is CCC(=O)c1cc(C(C)(C)C)cc([N+](=O)[O-])c1O. The van der Waals surface area contributed by atoms with Gasteiger partial charge in [0.1, 0.15) is 0 Å². The van der Waals surface area contributed by atoms with Crippen LogP contribution >= 0.6 is 0 Å². The van der Waals surface area contributed by atoms with Gasteiger partial charge < -0.3 is 5.11 Å². The zero-order valence-electron chi connectivity index (χ0n) is 11.0. The predicted octanol–water partition coefficient (Wildman–Crippen LogP) is 3.19. The largest absolute Gasteiger partial charge is 0.502 e. The third-order valence-corrected chi connectivity index (χ3v) is 2.77. The molecule has 5 heteroatoms. The number of hydrogen-bond acceptors (Lipinski definition) is 4. The fourth-order valence-electron chi connectivity index (χ4n) is 1.59. The Morgan fingerprint density at radius 3 is 2.33 bits per heavy atom. The standard InChI is InChI=1S/C13H17NO4/c1-5-11(15)9-6-8(13(2,3)4)7-10(12(9)16)14(17)18/h6-7,16H,5H2,1-4H3. The van der Waals surface area contributed by atoms with E-state index in [9.17, 15) is 20.0 Å². The number of nitrogens with zero attached hydrogens (tertiary/aromatic N) is 1. The van der Waals surface area contributed by atoms with Gasteiger partial charge in [-0.05, 0) is 17.0 Å².